The van der Waals surface area contributed by atoms with Crippen LogP contribution in [-0.2, 0) is 0 Å². The summed E-state index contributed by atoms with van der Waals surface area (Å²) in [6, 6.07) is 4.03. The van der Waals surface area contributed by atoms with Crippen molar-refractivity contribution >= 4 is 0 Å². The number of aromatic nitrogens is 1. The Labute approximate surface area is 72.0 Å². The van der Waals surface area contributed by atoms with Gasteiger partial charge in [0.25, 0.3) is 0 Å². The molecule has 2 rings (SSSR count). The van der Waals surface area contributed by atoms with Gasteiger partial charge < -0.3 is 5.32 Å². The fourth-order valence-electron chi connectivity index (χ4n) is 1.30. The van der Waals surface area contributed by atoms with Crippen LogP contribution < -0.4 is 5.32 Å². The van der Waals surface area contributed by atoms with Gasteiger partial charge in [0.2, 0.25) is 0 Å². The van der Waals surface area contributed by atoms with E-state index in [1.807, 2.05) is 12.1 Å². The molecule has 0 atom stereocenters. The van der Waals surface area contributed by atoms with E-state index in [1.165, 1.54) is 5.56 Å². The summed E-state index contributed by atoms with van der Waals surface area (Å²) in [5.74, 6) is 3.18. The van der Waals surface area contributed by atoms with Crippen molar-refractivity contribution in [3.8, 4) is 12.3 Å². The van der Waals surface area contributed by atoms with Crippen LogP contribution >= 0.6 is 0 Å². The summed E-state index contributed by atoms with van der Waals surface area (Å²) in [5.41, 5.74) is 2.04. The molecule has 2 heteroatoms. The Bertz CT molecular complexity index is 321. The normalized spacial score (nSPS) is 16.6. The summed E-state index contributed by atoms with van der Waals surface area (Å²) in [6.07, 6.45) is 7.03. The Morgan fingerprint density at radius 2 is 2.42 bits per heavy atom. The van der Waals surface area contributed by atoms with Crippen LogP contribution in [0.25, 0.3) is 0 Å². The lowest BCUT2D eigenvalue weighted by Gasteiger charge is -2.27. The summed E-state index contributed by atoms with van der Waals surface area (Å²) >= 11 is 0. The van der Waals surface area contributed by atoms with Gasteiger partial charge in [-0.2, -0.15) is 0 Å². The molecule has 1 N–H and O–H groups in total. The molecule has 0 amide bonds. The highest BCUT2D eigenvalue weighted by atomic mass is 14.9. The average Bonchev–Trinajstić information content (AvgIpc) is 2.02. The number of terminal acetylenes is 1. The fourth-order valence-corrected chi connectivity index (χ4v) is 1.30. The van der Waals surface area contributed by atoms with Crippen molar-refractivity contribution in [2.24, 2.45) is 0 Å². The average molecular weight is 158 g/mol. The zero-order valence-corrected chi connectivity index (χ0v) is 6.75. The minimum absolute atomic E-state index is 0.639. The Hall–Kier alpha value is -1.33. The van der Waals surface area contributed by atoms with Crippen molar-refractivity contribution in [2.75, 3.05) is 13.1 Å². The molecule has 0 bridgehead atoms. The van der Waals surface area contributed by atoms with Crippen LogP contribution in [0.5, 0.6) is 0 Å². The zero-order valence-electron chi connectivity index (χ0n) is 6.75. The van der Waals surface area contributed by atoms with E-state index >= 15 is 0 Å². The van der Waals surface area contributed by atoms with Gasteiger partial charge in [0.15, 0.2) is 0 Å². The van der Waals surface area contributed by atoms with Gasteiger partial charge in [0.1, 0.15) is 5.69 Å². The van der Waals surface area contributed by atoms with Crippen LogP contribution in [0.3, 0.4) is 0 Å². The molecule has 0 spiro atoms. The van der Waals surface area contributed by atoms with Crippen LogP contribution in [0, 0.1) is 12.3 Å². The van der Waals surface area contributed by atoms with E-state index in [9.17, 15) is 0 Å². The molecule has 0 radical (unpaired) electrons. The van der Waals surface area contributed by atoms with E-state index in [-0.39, 0.29) is 0 Å². The predicted octanol–water partition coefficient (Wildman–Crippen LogP) is 0.750. The second kappa shape index (κ2) is 2.96. The fraction of sp³-hybridized carbons (Fsp3) is 0.300. The first kappa shape index (κ1) is 7.33. The summed E-state index contributed by atoms with van der Waals surface area (Å²) < 4.78 is 0. The molecular weight excluding hydrogens is 148 g/mol. The molecule has 0 unspecified atom stereocenters. The maximum Gasteiger partial charge on any atom is 0.113 e. The molecule has 2 nitrogen and oxygen atoms in total. The van der Waals surface area contributed by atoms with Crippen LogP contribution in [0.2, 0.25) is 0 Å². The first-order valence-corrected chi connectivity index (χ1v) is 4.03. The Balaban J connectivity index is 2.27. The first-order chi connectivity index (χ1) is 5.90. The molecular formula is C10H10N2. The largest absolute Gasteiger partial charge is 0.315 e. The zero-order chi connectivity index (χ0) is 8.39. The van der Waals surface area contributed by atoms with E-state index in [0.29, 0.717) is 5.92 Å². The molecule has 0 saturated carbocycles. The molecule has 2 heterocycles. The highest BCUT2D eigenvalue weighted by molar-refractivity contribution is 5.31. The smallest absolute Gasteiger partial charge is 0.113 e. The number of nitrogens with zero attached hydrogens (tertiary/aromatic N) is 1. The predicted molar refractivity (Wildman–Crippen MR) is 47.8 cm³/mol. The third-order valence-electron chi connectivity index (χ3n) is 2.18. The van der Waals surface area contributed by atoms with E-state index in [4.69, 9.17) is 6.42 Å². The van der Waals surface area contributed by atoms with Crippen molar-refractivity contribution in [3.05, 3.63) is 29.6 Å². The lowest BCUT2D eigenvalue weighted by atomic mass is 9.94. The third-order valence-corrected chi connectivity index (χ3v) is 2.18. The molecule has 12 heavy (non-hydrogen) atoms. The number of hydrogen-bond acceptors (Lipinski definition) is 2. The maximum atomic E-state index is 5.25. The maximum absolute atomic E-state index is 5.25. The molecule has 60 valence electrons. The van der Waals surface area contributed by atoms with Crippen LogP contribution in [0.15, 0.2) is 18.3 Å². The first-order valence-electron chi connectivity index (χ1n) is 4.03. The molecule has 1 aromatic rings. The highest BCUT2D eigenvalue weighted by Crippen LogP contribution is 2.19. The second-order valence-electron chi connectivity index (χ2n) is 2.97. The summed E-state index contributed by atoms with van der Waals surface area (Å²) in [4.78, 5) is 4.04. The van der Waals surface area contributed by atoms with Gasteiger partial charge in [-0.1, -0.05) is 5.92 Å². The Morgan fingerprint density at radius 3 is 3.00 bits per heavy atom. The molecule has 1 fully saturated rings. The number of pyridine rings is 1. The van der Waals surface area contributed by atoms with Crippen molar-refractivity contribution in [2.45, 2.75) is 5.92 Å². The van der Waals surface area contributed by atoms with Gasteiger partial charge in [-0.15, -0.1) is 6.42 Å². The van der Waals surface area contributed by atoms with Gasteiger partial charge in [-0.3, -0.25) is 0 Å². The van der Waals surface area contributed by atoms with E-state index in [2.05, 4.69) is 16.2 Å². The topological polar surface area (TPSA) is 24.9 Å². The second-order valence-corrected chi connectivity index (χ2v) is 2.97. The molecule has 1 aliphatic rings. The van der Waals surface area contributed by atoms with Crippen LogP contribution in [0.4, 0.5) is 0 Å². The summed E-state index contributed by atoms with van der Waals surface area (Å²) in [6.45, 7) is 2.13. The van der Waals surface area contributed by atoms with Crippen molar-refractivity contribution < 1.29 is 0 Å². The quantitative estimate of drug-likeness (QED) is 0.610. The van der Waals surface area contributed by atoms with Crippen LogP contribution in [-0.4, -0.2) is 18.1 Å². The van der Waals surface area contributed by atoms with Gasteiger partial charge in [-0.25, -0.2) is 4.98 Å². The monoisotopic (exact) mass is 158 g/mol. The van der Waals surface area contributed by atoms with Crippen LogP contribution in [0.1, 0.15) is 17.2 Å². The standard InChI is InChI=1S/C10H10N2/c1-2-10-5-8(3-4-12-10)9-6-11-7-9/h1,3-5,9,11H,6-7H2. The highest BCUT2D eigenvalue weighted by Gasteiger charge is 2.18. The third kappa shape index (κ3) is 1.19. The molecule has 1 aliphatic heterocycles. The number of hydrogen-bond donors (Lipinski definition) is 1. The van der Waals surface area contributed by atoms with Gasteiger partial charge in [0, 0.05) is 25.2 Å². The van der Waals surface area contributed by atoms with Crippen molar-refractivity contribution in [1.82, 2.24) is 10.3 Å². The van der Waals surface area contributed by atoms with E-state index in [1.54, 1.807) is 6.20 Å². The molecule has 1 saturated heterocycles. The summed E-state index contributed by atoms with van der Waals surface area (Å²) in [5, 5.41) is 3.23. The molecule has 0 aliphatic carbocycles. The Morgan fingerprint density at radius 1 is 1.58 bits per heavy atom. The molecule has 1 aromatic heterocycles. The van der Waals surface area contributed by atoms with Gasteiger partial charge >= 0.3 is 0 Å². The summed E-state index contributed by atoms with van der Waals surface area (Å²) in [7, 11) is 0. The lowest BCUT2D eigenvalue weighted by molar-refractivity contribution is 0.448. The van der Waals surface area contributed by atoms with Crippen molar-refractivity contribution in [3.63, 3.8) is 0 Å². The number of nitrogens with one attached hydrogen (secondary N) is 1. The lowest BCUT2D eigenvalue weighted by Crippen LogP contribution is -2.39. The SMILES string of the molecule is C#Cc1cc(C2CNC2)ccn1. The number of rotatable bonds is 1. The van der Waals surface area contributed by atoms with Gasteiger partial charge in [0.05, 0.1) is 0 Å². The van der Waals surface area contributed by atoms with Gasteiger partial charge in [-0.05, 0) is 17.7 Å². The van der Waals surface area contributed by atoms with E-state index in [0.717, 1.165) is 18.8 Å². The van der Waals surface area contributed by atoms with E-state index < -0.39 is 0 Å². The minimum Gasteiger partial charge on any atom is -0.315 e. The minimum atomic E-state index is 0.639. The Kier molecular flexibility index (Phi) is 1.81. The van der Waals surface area contributed by atoms with Crippen molar-refractivity contribution in [1.29, 1.82) is 0 Å². The molecule has 0 aromatic carbocycles.